The Morgan fingerprint density at radius 1 is 1.18 bits per heavy atom. The third kappa shape index (κ3) is 1.70. The van der Waals surface area contributed by atoms with E-state index in [9.17, 15) is 0 Å². The molecule has 0 unspecified atom stereocenters. The van der Waals surface area contributed by atoms with Gasteiger partial charge in [0.15, 0.2) is 0 Å². The molecule has 2 aromatic heterocycles. The van der Waals surface area contributed by atoms with Gasteiger partial charge in [0.05, 0.1) is 11.2 Å². The van der Waals surface area contributed by atoms with Gasteiger partial charge >= 0.3 is 0 Å². The Balaban J connectivity index is 2.38. The van der Waals surface area contributed by atoms with Crippen molar-refractivity contribution in [3.63, 3.8) is 0 Å². The van der Waals surface area contributed by atoms with Crippen molar-refractivity contribution >= 4 is 28.5 Å². The van der Waals surface area contributed by atoms with Crippen LogP contribution in [0.2, 0.25) is 5.02 Å². The van der Waals surface area contributed by atoms with Gasteiger partial charge in [-0.1, -0.05) is 11.6 Å². The number of anilines is 1. The van der Waals surface area contributed by atoms with E-state index in [1.54, 1.807) is 18.3 Å². The fourth-order valence-corrected chi connectivity index (χ4v) is 1.88. The lowest BCUT2D eigenvalue weighted by molar-refractivity contribution is 1.09. The molecule has 0 saturated carbocycles. The molecule has 5 nitrogen and oxygen atoms in total. The molecular weight excluding hydrogens is 238 g/mol. The van der Waals surface area contributed by atoms with Crippen LogP contribution < -0.4 is 5.73 Å². The van der Waals surface area contributed by atoms with E-state index in [-0.39, 0.29) is 5.95 Å². The molecule has 84 valence electrons. The normalized spacial score (nSPS) is 10.9. The van der Waals surface area contributed by atoms with Gasteiger partial charge in [0.25, 0.3) is 0 Å². The van der Waals surface area contributed by atoms with Crippen molar-refractivity contribution in [2.75, 3.05) is 5.73 Å². The zero-order chi connectivity index (χ0) is 11.8. The van der Waals surface area contributed by atoms with E-state index in [2.05, 4.69) is 20.2 Å². The first kappa shape index (κ1) is 10.0. The summed E-state index contributed by atoms with van der Waals surface area (Å²) in [4.78, 5) is 8.38. The second-order valence-electron chi connectivity index (χ2n) is 3.56. The monoisotopic (exact) mass is 245 g/mol. The minimum Gasteiger partial charge on any atom is -0.368 e. The Bertz CT molecular complexity index is 672. The highest BCUT2D eigenvalue weighted by atomic mass is 35.5. The van der Waals surface area contributed by atoms with Crippen LogP contribution in [0.15, 0.2) is 30.5 Å². The molecule has 3 N–H and O–H groups in total. The standard InChI is InChI=1S/C11H8ClN5/c12-6-1-2-7-9(5-6)15-11(13)16-10(7)8-3-4-14-17-8/h1-5H,(H,14,17)(H2,13,15,16). The zero-order valence-corrected chi connectivity index (χ0v) is 9.44. The molecule has 6 heteroatoms. The topological polar surface area (TPSA) is 80.5 Å². The number of H-pyrrole nitrogens is 1. The van der Waals surface area contributed by atoms with Crippen LogP contribution in [0.1, 0.15) is 0 Å². The number of fused-ring (bicyclic) bond motifs is 1. The van der Waals surface area contributed by atoms with E-state index < -0.39 is 0 Å². The summed E-state index contributed by atoms with van der Waals surface area (Å²) in [5.41, 5.74) is 7.92. The van der Waals surface area contributed by atoms with Gasteiger partial charge in [0, 0.05) is 16.6 Å². The summed E-state index contributed by atoms with van der Waals surface area (Å²) in [6, 6.07) is 7.25. The third-order valence-electron chi connectivity index (χ3n) is 2.43. The summed E-state index contributed by atoms with van der Waals surface area (Å²) in [5.74, 6) is 0.212. The minimum absolute atomic E-state index is 0.212. The van der Waals surface area contributed by atoms with Crippen LogP contribution in [-0.2, 0) is 0 Å². The number of rotatable bonds is 1. The van der Waals surface area contributed by atoms with Crippen molar-refractivity contribution in [2.45, 2.75) is 0 Å². The van der Waals surface area contributed by atoms with Crippen LogP contribution in [0, 0.1) is 0 Å². The van der Waals surface area contributed by atoms with E-state index in [1.165, 1.54) is 0 Å². The predicted octanol–water partition coefficient (Wildman–Crippen LogP) is 2.26. The lowest BCUT2D eigenvalue weighted by atomic mass is 10.1. The van der Waals surface area contributed by atoms with E-state index in [4.69, 9.17) is 17.3 Å². The highest BCUT2D eigenvalue weighted by Gasteiger charge is 2.09. The zero-order valence-electron chi connectivity index (χ0n) is 8.68. The number of aromatic amines is 1. The highest BCUT2D eigenvalue weighted by molar-refractivity contribution is 6.31. The summed E-state index contributed by atoms with van der Waals surface area (Å²) in [7, 11) is 0. The lowest BCUT2D eigenvalue weighted by Crippen LogP contribution is -1.98. The van der Waals surface area contributed by atoms with Crippen LogP contribution in [-0.4, -0.2) is 20.2 Å². The average Bonchev–Trinajstić information content (AvgIpc) is 2.80. The van der Waals surface area contributed by atoms with E-state index in [0.29, 0.717) is 5.02 Å². The van der Waals surface area contributed by atoms with E-state index >= 15 is 0 Å². The molecular formula is C11H8ClN5. The molecule has 0 aliphatic heterocycles. The number of aromatic nitrogens is 4. The van der Waals surface area contributed by atoms with Gasteiger partial charge in [-0.3, -0.25) is 5.10 Å². The first-order valence-corrected chi connectivity index (χ1v) is 5.34. The molecule has 0 radical (unpaired) electrons. The summed E-state index contributed by atoms with van der Waals surface area (Å²) < 4.78 is 0. The van der Waals surface area contributed by atoms with Crippen molar-refractivity contribution in [3.05, 3.63) is 35.5 Å². The quantitative estimate of drug-likeness (QED) is 0.689. The molecule has 3 aromatic rings. The van der Waals surface area contributed by atoms with Crippen LogP contribution in [0.3, 0.4) is 0 Å². The van der Waals surface area contributed by atoms with Crippen molar-refractivity contribution in [1.29, 1.82) is 0 Å². The maximum atomic E-state index is 5.93. The van der Waals surface area contributed by atoms with E-state index in [0.717, 1.165) is 22.3 Å². The molecule has 0 amide bonds. The number of halogens is 1. The van der Waals surface area contributed by atoms with Crippen molar-refractivity contribution in [1.82, 2.24) is 20.2 Å². The number of nitrogens with one attached hydrogen (secondary N) is 1. The first-order valence-electron chi connectivity index (χ1n) is 4.96. The number of nitrogens with zero attached hydrogens (tertiary/aromatic N) is 3. The molecule has 17 heavy (non-hydrogen) atoms. The number of hydrogen-bond donors (Lipinski definition) is 2. The first-order chi connectivity index (χ1) is 8.24. The Morgan fingerprint density at radius 3 is 2.82 bits per heavy atom. The smallest absolute Gasteiger partial charge is 0.221 e. The van der Waals surface area contributed by atoms with Gasteiger partial charge in [0.1, 0.15) is 5.69 Å². The minimum atomic E-state index is 0.212. The van der Waals surface area contributed by atoms with Gasteiger partial charge < -0.3 is 5.73 Å². The number of nitrogen functional groups attached to an aromatic ring is 1. The Labute approximate surface area is 102 Å². The average molecular weight is 246 g/mol. The van der Waals surface area contributed by atoms with Crippen molar-refractivity contribution < 1.29 is 0 Å². The van der Waals surface area contributed by atoms with Gasteiger partial charge in [-0.2, -0.15) is 5.10 Å². The molecule has 0 fully saturated rings. The number of hydrogen-bond acceptors (Lipinski definition) is 4. The molecule has 0 bridgehead atoms. The molecule has 0 aliphatic carbocycles. The van der Waals surface area contributed by atoms with Crippen LogP contribution in [0.5, 0.6) is 0 Å². The molecule has 0 spiro atoms. The molecule has 0 atom stereocenters. The Kier molecular flexibility index (Phi) is 2.19. The van der Waals surface area contributed by atoms with Gasteiger partial charge in [0.2, 0.25) is 5.95 Å². The Hall–Kier alpha value is -2.14. The summed E-state index contributed by atoms with van der Waals surface area (Å²) in [5, 5.41) is 8.26. The fraction of sp³-hybridized carbons (Fsp3) is 0. The number of nitrogens with two attached hydrogens (primary N) is 1. The highest BCUT2D eigenvalue weighted by Crippen LogP contribution is 2.26. The van der Waals surface area contributed by atoms with E-state index in [1.807, 2.05) is 12.1 Å². The van der Waals surface area contributed by atoms with Crippen molar-refractivity contribution in [3.8, 4) is 11.4 Å². The second kappa shape index (κ2) is 3.71. The van der Waals surface area contributed by atoms with Gasteiger partial charge in [-0.25, -0.2) is 9.97 Å². The fourth-order valence-electron chi connectivity index (χ4n) is 1.71. The maximum absolute atomic E-state index is 5.93. The van der Waals surface area contributed by atoms with Crippen LogP contribution in [0.4, 0.5) is 5.95 Å². The summed E-state index contributed by atoms with van der Waals surface area (Å²) in [6.07, 6.45) is 1.66. The summed E-state index contributed by atoms with van der Waals surface area (Å²) in [6.45, 7) is 0. The van der Waals surface area contributed by atoms with Gasteiger partial charge in [-0.05, 0) is 24.3 Å². The predicted molar refractivity (Wildman–Crippen MR) is 66.5 cm³/mol. The van der Waals surface area contributed by atoms with Crippen LogP contribution >= 0.6 is 11.6 Å². The lowest BCUT2D eigenvalue weighted by Gasteiger charge is -2.04. The SMILES string of the molecule is Nc1nc(-c2ccn[nH]2)c2ccc(Cl)cc2n1. The molecule has 2 heterocycles. The largest absolute Gasteiger partial charge is 0.368 e. The Morgan fingerprint density at radius 2 is 2.06 bits per heavy atom. The molecule has 0 saturated heterocycles. The van der Waals surface area contributed by atoms with Gasteiger partial charge in [-0.15, -0.1) is 0 Å². The third-order valence-corrected chi connectivity index (χ3v) is 2.67. The van der Waals surface area contributed by atoms with Crippen LogP contribution in [0.25, 0.3) is 22.3 Å². The molecule has 3 rings (SSSR count). The molecule has 1 aromatic carbocycles. The second-order valence-corrected chi connectivity index (χ2v) is 4.00. The maximum Gasteiger partial charge on any atom is 0.221 e. The summed E-state index contributed by atoms with van der Waals surface area (Å²) >= 11 is 5.93. The molecule has 0 aliphatic rings. The van der Waals surface area contributed by atoms with Crippen molar-refractivity contribution in [2.24, 2.45) is 0 Å². The number of benzene rings is 1.